The van der Waals surface area contributed by atoms with Gasteiger partial charge in [-0.1, -0.05) is 38.1 Å². The summed E-state index contributed by atoms with van der Waals surface area (Å²) < 4.78 is 41.9. The van der Waals surface area contributed by atoms with Crippen LogP contribution in [-0.2, 0) is 21.2 Å². The van der Waals surface area contributed by atoms with Crippen molar-refractivity contribution in [1.82, 2.24) is 24.6 Å². The Bertz CT molecular complexity index is 2640. The first kappa shape index (κ1) is 43.8. The number of sulfonamides is 1. The van der Waals surface area contributed by atoms with E-state index in [1.165, 1.54) is 17.3 Å². The number of rotatable bonds is 12. The molecule has 5 heterocycles. The summed E-state index contributed by atoms with van der Waals surface area (Å²) in [4.78, 5) is 41.7. The third-order valence-corrected chi connectivity index (χ3v) is 15.6. The van der Waals surface area contributed by atoms with Crippen molar-refractivity contribution in [2.24, 2.45) is 11.3 Å². The minimum atomic E-state index is -4.61. The molecule has 3 N–H and O–H groups in total. The smallest absolute Gasteiger partial charge is 0.292 e. The number of ether oxygens (including phenoxy) is 2. The number of benzene rings is 2. The van der Waals surface area contributed by atoms with Crippen molar-refractivity contribution in [3.05, 3.63) is 112 Å². The number of nitro groups is 1. The zero-order valence-electron chi connectivity index (χ0n) is 36.7. The van der Waals surface area contributed by atoms with Crippen molar-refractivity contribution < 1.29 is 32.7 Å². The Hall–Kier alpha value is -5.42. The minimum absolute atomic E-state index is 0.0387. The average molecular weight is 892 g/mol. The average Bonchev–Trinajstić information content (AvgIpc) is 3.74. The second-order valence-corrected chi connectivity index (χ2v) is 20.7. The lowest BCUT2D eigenvalue weighted by atomic mass is 9.59. The summed E-state index contributed by atoms with van der Waals surface area (Å²) in [5.41, 5.74) is 3.44. The molecule has 338 valence electrons. The Labute approximate surface area is 373 Å². The molecule has 4 fully saturated rings. The predicted molar refractivity (Wildman–Crippen MR) is 242 cm³/mol. The maximum atomic E-state index is 14.0. The van der Waals surface area contributed by atoms with Crippen LogP contribution in [0.1, 0.15) is 111 Å². The molecule has 2 aliphatic carbocycles. The third-order valence-electron chi connectivity index (χ3n) is 14.3. The van der Waals surface area contributed by atoms with Crippen molar-refractivity contribution in [3.63, 3.8) is 0 Å². The third kappa shape index (κ3) is 9.10. The van der Waals surface area contributed by atoms with Crippen LogP contribution in [0.4, 0.5) is 11.4 Å². The maximum Gasteiger partial charge on any atom is 0.292 e. The fourth-order valence-corrected chi connectivity index (χ4v) is 11.4. The van der Waals surface area contributed by atoms with Crippen LogP contribution in [0.25, 0.3) is 11.0 Å². The molecule has 1 amide bonds. The van der Waals surface area contributed by atoms with E-state index < -0.39 is 37.0 Å². The molecule has 64 heavy (non-hydrogen) atoms. The molecule has 2 saturated carbocycles. The SMILES string of the molecule is CC(C)c1ccccc1[C@H]1COCCN1C1CC2(CCN(c3ccc(C(=O)NS(=O)(=O)c4cnc(CC5CCC(C)(O)CC5)c([N+](=O)[O-])c4)c(Oc4cnc5[nH]ccc5c4)c3)CC2)C1. The van der Waals surface area contributed by atoms with Gasteiger partial charge in [0.2, 0.25) is 0 Å². The van der Waals surface area contributed by atoms with Crippen LogP contribution in [-0.4, -0.2) is 88.7 Å². The topological polar surface area (TPSA) is 193 Å². The number of H-pyrrole nitrogens is 1. The zero-order chi connectivity index (χ0) is 44.8. The minimum Gasteiger partial charge on any atom is -0.455 e. The van der Waals surface area contributed by atoms with Gasteiger partial charge in [-0.2, -0.15) is 0 Å². The summed E-state index contributed by atoms with van der Waals surface area (Å²) in [5, 5.41) is 23.3. The van der Waals surface area contributed by atoms with E-state index in [1.54, 1.807) is 37.4 Å². The van der Waals surface area contributed by atoms with Gasteiger partial charge in [0.25, 0.3) is 21.6 Å². The Balaban J connectivity index is 0.908. The van der Waals surface area contributed by atoms with Crippen molar-refractivity contribution in [1.29, 1.82) is 0 Å². The van der Waals surface area contributed by atoms with Crippen LogP contribution < -0.4 is 14.4 Å². The van der Waals surface area contributed by atoms with E-state index in [-0.39, 0.29) is 40.8 Å². The van der Waals surface area contributed by atoms with Gasteiger partial charge in [0, 0.05) is 61.3 Å². The van der Waals surface area contributed by atoms with Gasteiger partial charge in [-0.15, -0.1) is 0 Å². The molecular formula is C48H57N7O8S. The van der Waals surface area contributed by atoms with Gasteiger partial charge >= 0.3 is 0 Å². The molecule has 15 nitrogen and oxygen atoms in total. The first-order valence-electron chi connectivity index (χ1n) is 22.5. The van der Waals surface area contributed by atoms with E-state index in [2.05, 4.69) is 67.6 Å². The molecule has 3 aromatic heterocycles. The number of piperidine rings is 1. The van der Waals surface area contributed by atoms with Gasteiger partial charge < -0.3 is 24.5 Å². The molecular weight excluding hydrogens is 835 g/mol. The first-order valence-corrected chi connectivity index (χ1v) is 24.0. The number of aromatic nitrogens is 3. The second-order valence-electron chi connectivity index (χ2n) is 19.0. The fraction of sp³-hybridized carbons (Fsp3) is 0.479. The van der Waals surface area contributed by atoms with E-state index >= 15 is 0 Å². The number of aliphatic hydroxyl groups is 1. The molecule has 5 aromatic rings. The van der Waals surface area contributed by atoms with Crippen LogP contribution in [0.15, 0.2) is 84.1 Å². The second kappa shape index (κ2) is 17.5. The van der Waals surface area contributed by atoms with Crippen LogP contribution >= 0.6 is 0 Å². The predicted octanol–water partition coefficient (Wildman–Crippen LogP) is 8.21. The Morgan fingerprint density at radius 3 is 2.55 bits per heavy atom. The molecule has 2 aromatic carbocycles. The van der Waals surface area contributed by atoms with Crippen molar-refractivity contribution in [3.8, 4) is 11.5 Å². The number of hydrogen-bond donors (Lipinski definition) is 3. The molecule has 16 heteroatoms. The number of morpholine rings is 1. The van der Waals surface area contributed by atoms with Gasteiger partial charge in [0.15, 0.2) is 0 Å². The lowest BCUT2D eigenvalue weighted by Gasteiger charge is -2.57. The normalized spacial score (nSPS) is 23.0. The number of nitrogens with zero attached hydrogens (tertiary/aromatic N) is 5. The van der Waals surface area contributed by atoms with E-state index in [9.17, 15) is 28.4 Å². The first-order chi connectivity index (χ1) is 30.7. The van der Waals surface area contributed by atoms with E-state index in [1.807, 2.05) is 6.07 Å². The number of nitrogens with one attached hydrogen (secondary N) is 2. The van der Waals surface area contributed by atoms with Gasteiger partial charge in [-0.3, -0.25) is 24.8 Å². The highest BCUT2D eigenvalue weighted by molar-refractivity contribution is 7.90. The Morgan fingerprint density at radius 1 is 1.03 bits per heavy atom. The highest BCUT2D eigenvalue weighted by Gasteiger charge is 2.50. The lowest BCUT2D eigenvalue weighted by Crippen LogP contribution is -2.58. The summed E-state index contributed by atoms with van der Waals surface area (Å²) in [6.45, 7) is 10.3. The van der Waals surface area contributed by atoms with Crippen LogP contribution in [0.2, 0.25) is 0 Å². The van der Waals surface area contributed by atoms with Crippen molar-refractivity contribution >= 4 is 38.3 Å². The standard InChI is InChI=1S/C48H57N7O8S/c1-31(2)38-6-4-5-7-39(38)43-30-62-21-20-54(43)35-26-48(27-35)15-18-53(19-16-48)34-8-9-40(44(24-34)63-36-23-33-12-17-49-45(33)51-28-36)46(56)52-64(60,61)37-25-42(55(58)59)41(50-29-37)22-32-10-13-47(3,57)14-11-32/h4-9,12,17,23-25,28-29,31-32,35,43,57H,10-11,13-16,18-22,26-27,30H2,1-3H3,(H,49,51)(H,52,56)/t32?,43-,47?/m1/s1. The largest absolute Gasteiger partial charge is 0.455 e. The summed E-state index contributed by atoms with van der Waals surface area (Å²) in [6, 6.07) is 19.2. The van der Waals surface area contributed by atoms with Crippen LogP contribution in [0.5, 0.6) is 11.5 Å². The van der Waals surface area contributed by atoms with Gasteiger partial charge in [-0.25, -0.2) is 18.1 Å². The summed E-state index contributed by atoms with van der Waals surface area (Å²) >= 11 is 0. The van der Waals surface area contributed by atoms with Crippen LogP contribution in [0, 0.1) is 21.4 Å². The molecule has 1 spiro atoms. The number of aromatic amines is 1. The number of anilines is 1. The number of pyridine rings is 2. The highest BCUT2D eigenvalue weighted by Crippen LogP contribution is 2.53. The molecule has 4 aliphatic rings. The fourth-order valence-electron chi connectivity index (χ4n) is 10.5. The monoisotopic (exact) mass is 891 g/mol. The molecule has 0 unspecified atom stereocenters. The number of fused-ring (bicyclic) bond motifs is 1. The van der Waals surface area contributed by atoms with E-state index in [0.29, 0.717) is 55.6 Å². The highest BCUT2D eigenvalue weighted by atomic mass is 32.2. The lowest BCUT2D eigenvalue weighted by molar-refractivity contribution is -0.386. The number of amides is 1. The van der Waals surface area contributed by atoms with Gasteiger partial charge in [0.05, 0.1) is 41.5 Å². The van der Waals surface area contributed by atoms with Crippen LogP contribution in [0.3, 0.4) is 0 Å². The van der Waals surface area contributed by atoms with E-state index in [0.717, 1.165) is 75.3 Å². The molecule has 2 aliphatic heterocycles. The van der Waals surface area contributed by atoms with E-state index in [4.69, 9.17) is 9.47 Å². The van der Waals surface area contributed by atoms with Gasteiger partial charge in [-0.05, 0) is 117 Å². The summed E-state index contributed by atoms with van der Waals surface area (Å²) in [5.74, 6) is 0.0233. The van der Waals surface area contributed by atoms with Crippen molar-refractivity contribution in [2.45, 2.75) is 107 Å². The van der Waals surface area contributed by atoms with Crippen molar-refractivity contribution in [2.75, 3.05) is 37.7 Å². The summed E-state index contributed by atoms with van der Waals surface area (Å²) in [6.07, 6.45) is 11.4. The number of carbonyl (C=O) groups is 1. The molecule has 9 rings (SSSR count). The summed E-state index contributed by atoms with van der Waals surface area (Å²) in [7, 11) is -4.61. The Kier molecular flexibility index (Phi) is 12.0. The van der Waals surface area contributed by atoms with Gasteiger partial charge in [0.1, 0.15) is 27.7 Å². The molecule has 1 atom stereocenters. The number of carbonyl (C=O) groups excluding carboxylic acids is 1. The number of hydrogen-bond acceptors (Lipinski definition) is 12. The quantitative estimate of drug-likeness (QED) is 0.0805. The maximum absolute atomic E-state index is 14.0. The Morgan fingerprint density at radius 2 is 1.80 bits per heavy atom. The zero-order valence-corrected chi connectivity index (χ0v) is 37.5. The molecule has 0 bridgehead atoms. The molecule has 0 radical (unpaired) electrons. The molecule has 2 saturated heterocycles.